The Morgan fingerprint density at radius 3 is 2.85 bits per heavy atom. The zero-order valence-electron chi connectivity index (χ0n) is 10.6. The lowest BCUT2D eigenvalue weighted by atomic mass is 10.2. The molecule has 3 aromatic rings. The fraction of sp³-hybridized carbons (Fsp3) is 0. The van der Waals surface area contributed by atoms with E-state index in [2.05, 4.69) is 4.98 Å². The molecule has 1 aromatic heterocycles. The van der Waals surface area contributed by atoms with Crippen molar-refractivity contribution in [3.63, 3.8) is 0 Å². The molecule has 0 aliphatic heterocycles. The van der Waals surface area contributed by atoms with E-state index in [0.717, 1.165) is 10.9 Å². The highest BCUT2D eigenvalue weighted by atomic mass is 16.5. The van der Waals surface area contributed by atoms with Crippen LogP contribution < -0.4 is 10.5 Å². The fourth-order valence-electron chi connectivity index (χ4n) is 1.97. The van der Waals surface area contributed by atoms with Crippen LogP contribution in [0.15, 0.2) is 54.7 Å². The predicted molar refractivity (Wildman–Crippen MR) is 77.4 cm³/mol. The molecule has 0 aliphatic carbocycles. The summed E-state index contributed by atoms with van der Waals surface area (Å²) < 4.78 is 5.74. The number of anilines is 1. The van der Waals surface area contributed by atoms with Gasteiger partial charge in [0.15, 0.2) is 5.75 Å². The van der Waals surface area contributed by atoms with Crippen LogP contribution in [0.3, 0.4) is 0 Å². The number of hydrogen-bond acceptors (Lipinski definition) is 4. The first kappa shape index (κ1) is 12.0. The highest BCUT2D eigenvalue weighted by Crippen LogP contribution is 2.30. The van der Waals surface area contributed by atoms with Gasteiger partial charge in [-0.3, -0.25) is 4.98 Å². The molecule has 0 saturated heterocycles. The second-order valence-corrected chi connectivity index (χ2v) is 4.29. The molecular weight excluding hydrogens is 250 g/mol. The van der Waals surface area contributed by atoms with Crippen LogP contribution in [0.2, 0.25) is 0 Å². The van der Waals surface area contributed by atoms with Gasteiger partial charge in [-0.05, 0) is 30.3 Å². The molecule has 0 aliphatic rings. The summed E-state index contributed by atoms with van der Waals surface area (Å²) in [6.07, 6.45) is 1.73. The Kier molecular flexibility index (Phi) is 2.94. The van der Waals surface area contributed by atoms with Gasteiger partial charge in [0.25, 0.3) is 0 Å². The number of nitriles is 1. The molecule has 96 valence electrons. The van der Waals surface area contributed by atoms with E-state index in [0.29, 0.717) is 22.7 Å². The Balaban J connectivity index is 1.99. The molecule has 4 nitrogen and oxygen atoms in total. The number of aromatic nitrogens is 1. The summed E-state index contributed by atoms with van der Waals surface area (Å²) >= 11 is 0. The number of ether oxygens (including phenoxy) is 1. The first-order chi connectivity index (χ1) is 9.78. The summed E-state index contributed by atoms with van der Waals surface area (Å²) in [4.78, 5) is 4.28. The highest BCUT2D eigenvalue weighted by molar-refractivity contribution is 5.80. The van der Waals surface area contributed by atoms with Gasteiger partial charge in [0.1, 0.15) is 11.8 Å². The molecule has 0 unspecified atom stereocenters. The van der Waals surface area contributed by atoms with Crippen molar-refractivity contribution in [2.24, 2.45) is 0 Å². The van der Waals surface area contributed by atoms with Crippen LogP contribution in [0.5, 0.6) is 11.5 Å². The quantitative estimate of drug-likeness (QED) is 0.717. The molecule has 0 saturated carbocycles. The molecule has 20 heavy (non-hydrogen) atoms. The third-order valence-corrected chi connectivity index (χ3v) is 2.99. The van der Waals surface area contributed by atoms with E-state index in [1.807, 2.05) is 36.4 Å². The SMILES string of the molecule is N#Cc1cccc(Oc2ccc3cccnc3c2)c1N. The zero-order valence-corrected chi connectivity index (χ0v) is 10.6. The van der Waals surface area contributed by atoms with Crippen molar-refractivity contribution in [3.8, 4) is 17.6 Å². The lowest BCUT2D eigenvalue weighted by Crippen LogP contribution is -1.95. The molecule has 0 spiro atoms. The summed E-state index contributed by atoms with van der Waals surface area (Å²) in [5, 5.41) is 10.00. The maximum atomic E-state index is 8.95. The maximum Gasteiger partial charge on any atom is 0.151 e. The molecule has 4 heteroatoms. The second-order valence-electron chi connectivity index (χ2n) is 4.29. The van der Waals surface area contributed by atoms with Crippen LogP contribution in [-0.4, -0.2) is 4.98 Å². The average Bonchev–Trinajstić information content (AvgIpc) is 2.49. The minimum Gasteiger partial charge on any atom is -0.455 e. The average molecular weight is 261 g/mol. The van der Waals surface area contributed by atoms with Crippen molar-refractivity contribution in [2.75, 3.05) is 5.73 Å². The molecule has 0 amide bonds. The monoisotopic (exact) mass is 261 g/mol. The van der Waals surface area contributed by atoms with E-state index in [1.54, 1.807) is 24.4 Å². The van der Waals surface area contributed by atoms with Crippen molar-refractivity contribution in [1.29, 1.82) is 5.26 Å². The summed E-state index contributed by atoms with van der Waals surface area (Å²) in [5.41, 5.74) is 7.49. The number of nitrogens with zero attached hydrogens (tertiary/aromatic N) is 2. The van der Waals surface area contributed by atoms with E-state index in [4.69, 9.17) is 15.7 Å². The molecule has 0 fully saturated rings. The smallest absolute Gasteiger partial charge is 0.151 e. The number of nitrogens with two attached hydrogens (primary N) is 1. The van der Waals surface area contributed by atoms with Gasteiger partial charge in [0, 0.05) is 17.6 Å². The number of benzene rings is 2. The molecule has 2 aromatic carbocycles. The third-order valence-electron chi connectivity index (χ3n) is 2.99. The Morgan fingerprint density at radius 1 is 1.10 bits per heavy atom. The molecule has 1 heterocycles. The zero-order chi connectivity index (χ0) is 13.9. The van der Waals surface area contributed by atoms with E-state index >= 15 is 0 Å². The minimum atomic E-state index is 0.344. The third kappa shape index (κ3) is 2.13. The maximum absolute atomic E-state index is 8.95. The highest BCUT2D eigenvalue weighted by Gasteiger charge is 2.07. The first-order valence-corrected chi connectivity index (χ1v) is 6.09. The number of nitrogen functional groups attached to an aromatic ring is 1. The molecule has 3 rings (SSSR count). The summed E-state index contributed by atoms with van der Waals surface area (Å²) in [6, 6.07) is 16.7. The molecule has 0 radical (unpaired) electrons. The Hall–Kier alpha value is -3.06. The van der Waals surface area contributed by atoms with E-state index < -0.39 is 0 Å². The predicted octanol–water partition coefficient (Wildman–Crippen LogP) is 3.48. The number of fused-ring (bicyclic) bond motifs is 1. The van der Waals surface area contributed by atoms with Gasteiger partial charge < -0.3 is 10.5 Å². The number of rotatable bonds is 2. The Morgan fingerprint density at radius 2 is 2.00 bits per heavy atom. The van der Waals surface area contributed by atoms with Crippen LogP contribution in [0.25, 0.3) is 10.9 Å². The van der Waals surface area contributed by atoms with Crippen LogP contribution in [0.4, 0.5) is 5.69 Å². The van der Waals surface area contributed by atoms with E-state index in [9.17, 15) is 0 Å². The topological polar surface area (TPSA) is 71.9 Å². The van der Waals surface area contributed by atoms with Crippen LogP contribution in [0.1, 0.15) is 5.56 Å². The summed E-state index contributed by atoms with van der Waals surface area (Å²) in [6.45, 7) is 0. The van der Waals surface area contributed by atoms with Crippen LogP contribution in [0, 0.1) is 11.3 Å². The van der Waals surface area contributed by atoms with Gasteiger partial charge in [-0.25, -0.2) is 0 Å². The largest absolute Gasteiger partial charge is 0.455 e. The molecule has 0 atom stereocenters. The van der Waals surface area contributed by atoms with Crippen molar-refractivity contribution in [1.82, 2.24) is 4.98 Å². The standard InChI is InChI=1S/C16H11N3O/c17-10-12-3-1-5-15(16(12)18)20-13-7-6-11-4-2-8-19-14(11)9-13/h1-9H,18H2. The van der Waals surface area contributed by atoms with Crippen molar-refractivity contribution < 1.29 is 4.74 Å². The van der Waals surface area contributed by atoms with Gasteiger partial charge in [-0.15, -0.1) is 0 Å². The lowest BCUT2D eigenvalue weighted by molar-refractivity contribution is 0.485. The Bertz CT molecular complexity index is 821. The van der Waals surface area contributed by atoms with Gasteiger partial charge >= 0.3 is 0 Å². The van der Waals surface area contributed by atoms with Crippen molar-refractivity contribution in [3.05, 3.63) is 60.3 Å². The number of para-hydroxylation sites is 1. The van der Waals surface area contributed by atoms with E-state index in [1.165, 1.54) is 0 Å². The first-order valence-electron chi connectivity index (χ1n) is 6.09. The normalized spacial score (nSPS) is 10.2. The minimum absolute atomic E-state index is 0.344. The molecule has 0 bridgehead atoms. The van der Waals surface area contributed by atoms with Crippen molar-refractivity contribution in [2.45, 2.75) is 0 Å². The lowest BCUT2D eigenvalue weighted by Gasteiger charge is -2.09. The van der Waals surface area contributed by atoms with Crippen LogP contribution in [-0.2, 0) is 0 Å². The van der Waals surface area contributed by atoms with Gasteiger partial charge in [0.05, 0.1) is 16.8 Å². The Labute approximate surface area is 116 Å². The second kappa shape index (κ2) is 4.90. The van der Waals surface area contributed by atoms with Gasteiger partial charge in [-0.2, -0.15) is 5.26 Å². The van der Waals surface area contributed by atoms with Crippen LogP contribution >= 0.6 is 0 Å². The molecular formula is C16H11N3O. The number of hydrogen-bond donors (Lipinski definition) is 1. The summed E-state index contributed by atoms with van der Waals surface area (Å²) in [5.74, 6) is 1.11. The fourth-order valence-corrected chi connectivity index (χ4v) is 1.97. The van der Waals surface area contributed by atoms with Gasteiger partial charge in [-0.1, -0.05) is 12.1 Å². The molecule has 2 N–H and O–H groups in total. The van der Waals surface area contributed by atoms with Gasteiger partial charge in [0.2, 0.25) is 0 Å². The van der Waals surface area contributed by atoms with Crippen molar-refractivity contribution >= 4 is 16.6 Å². The summed E-state index contributed by atoms with van der Waals surface area (Å²) in [7, 11) is 0. The van der Waals surface area contributed by atoms with E-state index in [-0.39, 0.29) is 0 Å². The number of pyridine rings is 1.